The summed E-state index contributed by atoms with van der Waals surface area (Å²) in [6.45, 7) is 5.37. The maximum absolute atomic E-state index is 13.6. The lowest BCUT2D eigenvalue weighted by molar-refractivity contribution is -0.120. The summed E-state index contributed by atoms with van der Waals surface area (Å²) in [6, 6.07) is 10.4. The van der Waals surface area contributed by atoms with E-state index >= 15 is 0 Å². The topological polar surface area (TPSA) is 87.4 Å². The summed E-state index contributed by atoms with van der Waals surface area (Å²) < 4.78 is 32.9. The van der Waals surface area contributed by atoms with Gasteiger partial charge in [-0.05, 0) is 48.6 Å². The van der Waals surface area contributed by atoms with Crippen LogP contribution in [0, 0.1) is 18.6 Å². The van der Waals surface area contributed by atoms with Crippen molar-refractivity contribution in [3.05, 3.63) is 88.6 Å². The van der Waals surface area contributed by atoms with Crippen molar-refractivity contribution in [3.63, 3.8) is 0 Å². The number of aryl methyl sites for hydroxylation is 2. The van der Waals surface area contributed by atoms with Gasteiger partial charge >= 0.3 is 0 Å². The minimum atomic E-state index is -1.02. The second kappa shape index (κ2) is 11.9. The fourth-order valence-corrected chi connectivity index (χ4v) is 3.94. The summed E-state index contributed by atoms with van der Waals surface area (Å²) in [7, 11) is 0. The number of aliphatic hydroxyl groups excluding tert-OH is 1. The lowest BCUT2D eigenvalue weighted by atomic mass is 9.98. The van der Waals surface area contributed by atoms with E-state index < -0.39 is 23.8 Å². The first-order chi connectivity index (χ1) is 16.2. The molecule has 0 spiro atoms. The number of halogens is 2. The molecule has 34 heavy (non-hydrogen) atoms. The predicted octanol–water partition coefficient (Wildman–Crippen LogP) is 3.81. The molecule has 0 aliphatic heterocycles. The molecule has 1 heterocycles. The zero-order valence-corrected chi connectivity index (χ0v) is 19.6. The predicted molar refractivity (Wildman–Crippen MR) is 125 cm³/mol. The van der Waals surface area contributed by atoms with E-state index in [0.29, 0.717) is 23.6 Å². The number of nitrogens with one attached hydrogen (secondary N) is 2. The highest BCUT2D eigenvalue weighted by Gasteiger charge is 2.24. The van der Waals surface area contributed by atoms with Crippen LogP contribution in [0.1, 0.15) is 48.2 Å². The van der Waals surface area contributed by atoms with Gasteiger partial charge in [0.15, 0.2) is 5.89 Å². The third-order valence-corrected chi connectivity index (χ3v) is 5.61. The summed E-state index contributed by atoms with van der Waals surface area (Å²) >= 11 is 0. The largest absolute Gasteiger partial charge is 0.446 e. The van der Waals surface area contributed by atoms with Crippen LogP contribution in [0.25, 0.3) is 0 Å². The molecular formula is C26H31F2N3O3. The van der Waals surface area contributed by atoms with E-state index in [0.717, 1.165) is 18.1 Å². The summed E-state index contributed by atoms with van der Waals surface area (Å²) in [4.78, 5) is 16.0. The molecule has 3 rings (SSSR count). The Morgan fingerprint density at radius 2 is 1.85 bits per heavy atom. The molecule has 0 bridgehead atoms. The maximum atomic E-state index is 13.6. The molecule has 8 heteroatoms. The van der Waals surface area contributed by atoms with Crippen LogP contribution in [0.4, 0.5) is 8.78 Å². The molecule has 3 atom stereocenters. The minimum Gasteiger partial charge on any atom is -0.446 e. The van der Waals surface area contributed by atoms with Gasteiger partial charge in [0.1, 0.15) is 17.4 Å². The fraction of sp³-hybridized carbons (Fsp3) is 0.385. The Labute approximate surface area is 198 Å². The molecule has 182 valence electrons. The van der Waals surface area contributed by atoms with Crippen LogP contribution in [0.2, 0.25) is 0 Å². The summed E-state index contributed by atoms with van der Waals surface area (Å²) in [6.07, 6.45) is 2.07. The van der Waals surface area contributed by atoms with E-state index in [-0.39, 0.29) is 24.9 Å². The molecule has 0 aliphatic carbocycles. The van der Waals surface area contributed by atoms with Gasteiger partial charge < -0.3 is 20.2 Å². The van der Waals surface area contributed by atoms with Gasteiger partial charge in [-0.15, -0.1) is 0 Å². The molecule has 1 unspecified atom stereocenters. The highest BCUT2D eigenvalue weighted by Crippen LogP contribution is 2.21. The van der Waals surface area contributed by atoms with Crippen molar-refractivity contribution < 1.29 is 23.1 Å². The van der Waals surface area contributed by atoms with Crippen molar-refractivity contribution in [1.82, 2.24) is 15.6 Å². The molecule has 2 aromatic carbocycles. The smallest absolute Gasteiger partial charge is 0.217 e. The van der Waals surface area contributed by atoms with Gasteiger partial charge in [0.05, 0.1) is 18.3 Å². The summed E-state index contributed by atoms with van der Waals surface area (Å²) in [5.41, 5.74) is 2.54. The number of hydrogen-bond acceptors (Lipinski definition) is 5. The standard InChI is InChI=1S/C26H31F2N3O3/c1-4-18-6-5-7-20(8-18)23(13-26-30-14-16(2)34-26)29-15-25(33)24(31-17(3)32)11-19-9-21(27)12-22(28)10-19/h5-10,12,14,23-25,29,33H,4,11,13,15H2,1-3H3,(H,31,32)/t23?,24-,25-/m0/s1. The number of rotatable bonds is 11. The Kier molecular flexibility index (Phi) is 8.90. The Balaban J connectivity index is 1.76. The van der Waals surface area contributed by atoms with Crippen molar-refractivity contribution in [2.24, 2.45) is 0 Å². The summed E-state index contributed by atoms with van der Waals surface area (Å²) in [5, 5.41) is 17.0. The molecule has 1 aromatic heterocycles. The average molecular weight is 472 g/mol. The van der Waals surface area contributed by atoms with E-state index in [2.05, 4.69) is 34.7 Å². The van der Waals surface area contributed by atoms with Gasteiger partial charge in [-0.1, -0.05) is 31.2 Å². The molecule has 0 radical (unpaired) electrons. The quantitative estimate of drug-likeness (QED) is 0.396. The average Bonchev–Trinajstić information content (AvgIpc) is 3.19. The van der Waals surface area contributed by atoms with Crippen molar-refractivity contribution in [3.8, 4) is 0 Å². The van der Waals surface area contributed by atoms with Crippen LogP contribution in [-0.2, 0) is 24.1 Å². The minimum absolute atomic E-state index is 0.0754. The first kappa shape index (κ1) is 25.5. The van der Waals surface area contributed by atoms with Crippen LogP contribution in [0.15, 0.2) is 53.1 Å². The molecule has 3 N–H and O–H groups in total. The highest BCUT2D eigenvalue weighted by atomic mass is 19.1. The van der Waals surface area contributed by atoms with Crippen molar-refractivity contribution >= 4 is 5.91 Å². The van der Waals surface area contributed by atoms with Crippen molar-refractivity contribution in [2.75, 3.05) is 6.54 Å². The molecule has 0 saturated heterocycles. The SMILES string of the molecule is CCc1cccc(C(Cc2ncc(C)o2)NC[C@H](O)[C@H](Cc2cc(F)cc(F)c2)NC(C)=O)c1. The Hall–Kier alpha value is -3.10. The molecule has 0 fully saturated rings. The first-order valence-electron chi connectivity index (χ1n) is 11.4. The lowest BCUT2D eigenvalue weighted by Gasteiger charge is -2.27. The Morgan fingerprint density at radius 3 is 2.47 bits per heavy atom. The number of carbonyl (C=O) groups is 1. The second-order valence-corrected chi connectivity index (χ2v) is 8.48. The van der Waals surface area contributed by atoms with E-state index in [4.69, 9.17) is 4.42 Å². The third-order valence-electron chi connectivity index (χ3n) is 5.61. The van der Waals surface area contributed by atoms with E-state index in [1.807, 2.05) is 19.1 Å². The third kappa shape index (κ3) is 7.46. The number of oxazole rings is 1. The molecule has 0 aliphatic rings. The van der Waals surface area contributed by atoms with Crippen LogP contribution in [0.3, 0.4) is 0 Å². The zero-order valence-electron chi connectivity index (χ0n) is 19.6. The molecular weight excluding hydrogens is 440 g/mol. The Morgan fingerprint density at radius 1 is 1.12 bits per heavy atom. The number of carbonyl (C=O) groups excluding carboxylic acids is 1. The molecule has 1 amide bonds. The monoisotopic (exact) mass is 471 g/mol. The fourth-order valence-electron chi connectivity index (χ4n) is 3.94. The molecule has 3 aromatic rings. The van der Waals surface area contributed by atoms with E-state index in [1.165, 1.54) is 24.6 Å². The van der Waals surface area contributed by atoms with E-state index in [9.17, 15) is 18.7 Å². The first-order valence-corrected chi connectivity index (χ1v) is 11.4. The number of aromatic nitrogens is 1. The number of aliphatic hydroxyl groups is 1. The lowest BCUT2D eigenvalue weighted by Crippen LogP contribution is -2.48. The van der Waals surface area contributed by atoms with Crippen LogP contribution >= 0.6 is 0 Å². The summed E-state index contributed by atoms with van der Waals surface area (Å²) in [5.74, 6) is -0.477. The van der Waals surface area contributed by atoms with Gasteiger partial charge in [-0.3, -0.25) is 4.79 Å². The van der Waals surface area contributed by atoms with Gasteiger partial charge in [0.25, 0.3) is 0 Å². The van der Waals surface area contributed by atoms with Gasteiger partial charge in [0, 0.05) is 32.0 Å². The molecule has 6 nitrogen and oxygen atoms in total. The van der Waals surface area contributed by atoms with Gasteiger partial charge in [-0.25, -0.2) is 13.8 Å². The van der Waals surface area contributed by atoms with Crippen LogP contribution in [-0.4, -0.2) is 34.7 Å². The Bertz CT molecular complexity index is 1080. The van der Waals surface area contributed by atoms with Crippen molar-refractivity contribution in [2.45, 2.75) is 58.2 Å². The number of nitrogens with zero attached hydrogens (tertiary/aromatic N) is 1. The normalized spacial score (nSPS) is 13.9. The second-order valence-electron chi connectivity index (χ2n) is 8.48. The van der Waals surface area contributed by atoms with Gasteiger partial charge in [-0.2, -0.15) is 0 Å². The van der Waals surface area contributed by atoms with E-state index in [1.54, 1.807) is 6.20 Å². The molecule has 0 saturated carbocycles. The highest BCUT2D eigenvalue weighted by molar-refractivity contribution is 5.73. The maximum Gasteiger partial charge on any atom is 0.217 e. The van der Waals surface area contributed by atoms with Crippen LogP contribution < -0.4 is 10.6 Å². The number of benzene rings is 2. The zero-order chi connectivity index (χ0) is 24.7. The van der Waals surface area contributed by atoms with Crippen LogP contribution in [0.5, 0.6) is 0 Å². The number of amides is 1. The van der Waals surface area contributed by atoms with Gasteiger partial charge in [0.2, 0.25) is 5.91 Å². The van der Waals surface area contributed by atoms with Crippen molar-refractivity contribution in [1.29, 1.82) is 0 Å². The number of hydrogen-bond donors (Lipinski definition) is 3.